The van der Waals surface area contributed by atoms with Gasteiger partial charge in [0.2, 0.25) is 11.8 Å². The van der Waals surface area contributed by atoms with Crippen molar-refractivity contribution in [3.05, 3.63) is 53.1 Å². The van der Waals surface area contributed by atoms with E-state index in [0.29, 0.717) is 19.4 Å². The van der Waals surface area contributed by atoms with Crippen LogP contribution in [0.1, 0.15) is 19.3 Å². The van der Waals surface area contributed by atoms with Crippen LogP contribution in [0.2, 0.25) is 5.02 Å². The summed E-state index contributed by atoms with van der Waals surface area (Å²) in [6.45, 7) is 0.519. The quantitative estimate of drug-likeness (QED) is 0.800. The molecule has 0 aliphatic carbocycles. The van der Waals surface area contributed by atoms with Gasteiger partial charge in [0.25, 0.3) is 0 Å². The van der Waals surface area contributed by atoms with Crippen molar-refractivity contribution in [2.75, 3.05) is 23.4 Å². The molecule has 1 heterocycles. The first-order chi connectivity index (χ1) is 12.9. The first-order valence-corrected chi connectivity index (χ1v) is 8.79. The number of rotatable bonds is 6. The van der Waals surface area contributed by atoms with Crippen LogP contribution in [0.15, 0.2) is 36.4 Å². The summed E-state index contributed by atoms with van der Waals surface area (Å²) in [6.07, 6.45) is 1.12. The van der Waals surface area contributed by atoms with Gasteiger partial charge in [0.1, 0.15) is 17.4 Å². The van der Waals surface area contributed by atoms with Gasteiger partial charge < -0.3 is 15.0 Å². The maximum absolute atomic E-state index is 14.3. The van der Waals surface area contributed by atoms with Crippen molar-refractivity contribution in [1.82, 2.24) is 0 Å². The van der Waals surface area contributed by atoms with Crippen molar-refractivity contribution < 1.29 is 23.1 Å². The molecule has 3 rings (SSSR count). The number of carbonyl (C=O) groups excluding carboxylic acids is 2. The van der Waals surface area contributed by atoms with Gasteiger partial charge in [-0.05, 0) is 42.8 Å². The van der Waals surface area contributed by atoms with Crippen LogP contribution in [0.5, 0.6) is 5.75 Å². The van der Waals surface area contributed by atoms with Crippen LogP contribution in [0.25, 0.3) is 0 Å². The van der Waals surface area contributed by atoms with E-state index in [1.165, 1.54) is 29.2 Å². The number of halogens is 3. The normalized spacial score (nSPS) is 13.7. The lowest BCUT2D eigenvalue weighted by atomic mass is 10.2. The Morgan fingerprint density at radius 2 is 2.04 bits per heavy atom. The van der Waals surface area contributed by atoms with Crippen molar-refractivity contribution in [2.45, 2.75) is 19.3 Å². The molecule has 142 valence electrons. The van der Waals surface area contributed by atoms with E-state index < -0.39 is 11.6 Å². The molecule has 2 aromatic carbocycles. The van der Waals surface area contributed by atoms with Crippen molar-refractivity contribution in [3.63, 3.8) is 0 Å². The second-order valence-corrected chi connectivity index (χ2v) is 6.44. The zero-order chi connectivity index (χ0) is 19.4. The highest BCUT2D eigenvalue weighted by molar-refractivity contribution is 6.32. The number of hydrogen-bond donors (Lipinski definition) is 1. The summed E-state index contributed by atoms with van der Waals surface area (Å²) in [7, 11) is 0. The van der Waals surface area contributed by atoms with E-state index in [1.807, 2.05) is 0 Å². The monoisotopic (exact) mass is 394 g/mol. The highest BCUT2D eigenvalue weighted by Gasteiger charge is 2.24. The van der Waals surface area contributed by atoms with Gasteiger partial charge in [0, 0.05) is 18.7 Å². The fourth-order valence-corrected chi connectivity index (χ4v) is 3.00. The average Bonchev–Trinajstić information content (AvgIpc) is 3.03. The maximum Gasteiger partial charge on any atom is 0.227 e. The summed E-state index contributed by atoms with van der Waals surface area (Å²) in [6, 6.07) is 7.89. The molecule has 2 amide bonds. The van der Waals surface area contributed by atoms with Crippen molar-refractivity contribution in [3.8, 4) is 5.75 Å². The fourth-order valence-electron chi connectivity index (χ4n) is 2.78. The summed E-state index contributed by atoms with van der Waals surface area (Å²) < 4.78 is 32.6. The third-order valence-electron chi connectivity index (χ3n) is 4.08. The number of nitrogens with one attached hydrogen (secondary N) is 1. The Bertz CT molecular complexity index is 876. The highest BCUT2D eigenvalue weighted by Crippen LogP contribution is 2.27. The molecule has 27 heavy (non-hydrogen) atoms. The number of benzene rings is 2. The topological polar surface area (TPSA) is 58.6 Å². The minimum absolute atomic E-state index is 0.00167. The van der Waals surface area contributed by atoms with Crippen molar-refractivity contribution in [2.24, 2.45) is 0 Å². The van der Waals surface area contributed by atoms with Gasteiger partial charge in [-0.15, -0.1) is 0 Å². The number of anilines is 2. The Kier molecular flexibility index (Phi) is 5.91. The molecule has 0 atom stereocenters. The molecule has 1 fully saturated rings. The molecule has 0 saturated carbocycles. The average molecular weight is 395 g/mol. The Morgan fingerprint density at radius 1 is 1.22 bits per heavy atom. The van der Waals surface area contributed by atoms with Crippen molar-refractivity contribution >= 4 is 34.8 Å². The van der Waals surface area contributed by atoms with Gasteiger partial charge in [-0.2, -0.15) is 0 Å². The van der Waals surface area contributed by atoms with Gasteiger partial charge in [-0.25, -0.2) is 8.78 Å². The van der Waals surface area contributed by atoms with Crippen LogP contribution in [-0.4, -0.2) is 25.0 Å². The van der Waals surface area contributed by atoms with E-state index in [4.69, 9.17) is 16.3 Å². The smallest absolute Gasteiger partial charge is 0.227 e. The minimum atomic E-state index is -0.572. The molecule has 0 aromatic heterocycles. The van der Waals surface area contributed by atoms with E-state index in [1.54, 1.807) is 6.07 Å². The standard InChI is InChI=1S/C19H17ClF2N2O3/c20-14-10-12(21)3-6-17(14)27-9-7-18(25)23-13-4-5-16(15(22)11-13)24-8-1-2-19(24)26/h3-6,10-11H,1-2,7-9H2,(H,23,25). The summed E-state index contributed by atoms with van der Waals surface area (Å²) in [4.78, 5) is 25.1. The third-order valence-corrected chi connectivity index (χ3v) is 4.37. The molecule has 0 spiro atoms. The lowest BCUT2D eigenvalue weighted by Gasteiger charge is -2.17. The molecular weight excluding hydrogens is 378 g/mol. The minimum Gasteiger partial charge on any atom is -0.491 e. The van der Waals surface area contributed by atoms with E-state index >= 15 is 0 Å². The van der Waals surface area contributed by atoms with Gasteiger partial charge in [0.15, 0.2) is 0 Å². The molecule has 0 unspecified atom stereocenters. The predicted molar refractivity (Wildman–Crippen MR) is 98.1 cm³/mol. The van der Waals surface area contributed by atoms with Gasteiger partial charge in [0.05, 0.1) is 23.7 Å². The Hall–Kier alpha value is -2.67. The fraction of sp³-hybridized carbons (Fsp3) is 0.263. The Labute approximate surface area is 159 Å². The molecule has 8 heteroatoms. The second kappa shape index (κ2) is 8.35. The van der Waals surface area contributed by atoms with Crippen LogP contribution < -0.4 is 15.0 Å². The largest absolute Gasteiger partial charge is 0.491 e. The molecule has 1 aliphatic rings. The number of amides is 2. The van der Waals surface area contributed by atoms with E-state index in [2.05, 4.69) is 5.32 Å². The van der Waals surface area contributed by atoms with Gasteiger partial charge in [-0.3, -0.25) is 9.59 Å². The molecule has 2 aromatic rings. The molecule has 1 saturated heterocycles. The second-order valence-electron chi connectivity index (χ2n) is 6.04. The highest BCUT2D eigenvalue weighted by atomic mass is 35.5. The van der Waals surface area contributed by atoms with Crippen molar-refractivity contribution in [1.29, 1.82) is 0 Å². The maximum atomic E-state index is 14.3. The number of hydrogen-bond acceptors (Lipinski definition) is 3. The van der Waals surface area contributed by atoms with Gasteiger partial charge in [-0.1, -0.05) is 11.6 Å². The first-order valence-electron chi connectivity index (χ1n) is 8.41. The molecule has 0 bridgehead atoms. The Morgan fingerprint density at radius 3 is 2.70 bits per heavy atom. The van der Waals surface area contributed by atoms with Crippen LogP contribution in [0.3, 0.4) is 0 Å². The van der Waals surface area contributed by atoms with Crippen LogP contribution >= 0.6 is 11.6 Å². The summed E-state index contributed by atoms with van der Waals surface area (Å²) in [5, 5.41) is 2.68. The van der Waals surface area contributed by atoms with E-state index in [-0.39, 0.29) is 47.0 Å². The zero-order valence-electron chi connectivity index (χ0n) is 14.3. The number of nitrogens with zero attached hydrogens (tertiary/aromatic N) is 1. The SMILES string of the molecule is O=C(CCOc1ccc(F)cc1Cl)Nc1ccc(N2CCCC2=O)c(F)c1. The lowest BCUT2D eigenvalue weighted by Crippen LogP contribution is -2.24. The third kappa shape index (κ3) is 4.74. The number of ether oxygens (including phenoxy) is 1. The van der Waals surface area contributed by atoms with E-state index in [9.17, 15) is 18.4 Å². The van der Waals surface area contributed by atoms with Crippen LogP contribution in [0, 0.1) is 11.6 Å². The lowest BCUT2D eigenvalue weighted by molar-refractivity contribution is -0.117. The Balaban J connectivity index is 1.53. The predicted octanol–water partition coefficient (Wildman–Crippen LogP) is 4.15. The van der Waals surface area contributed by atoms with Crippen LogP contribution in [0.4, 0.5) is 20.2 Å². The zero-order valence-corrected chi connectivity index (χ0v) is 15.1. The molecule has 0 radical (unpaired) electrons. The summed E-state index contributed by atoms with van der Waals surface area (Å²) in [5.74, 6) is -1.26. The van der Waals surface area contributed by atoms with Gasteiger partial charge >= 0.3 is 0 Å². The molecule has 1 N–H and O–H groups in total. The molecule has 1 aliphatic heterocycles. The first kappa shape index (κ1) is 19.1. The summed E-state index contributed by atoms with van der Waals surface area (Å²) >= 11 is 5.84. The number of carbonyl (C=O) groups is 2. The van der Waals surface area contributed by atoms with E-state index in [0.717, 1.165) is 6.07 Å². The molecule has 5 nitrogen and oxygen atoms in total. The summed E-state index contributed by atoms with van der Waals surface area (Å²) in [5.41, 5.74) is 0.498. The van der Waals surface area contributed by atoms with Crippen LogP contribution in [-0.2, 0) is 9.59 Å². The molecular formula is C19H17ClF2N2O3.